The summed E-state index contributed by atoms with van der Waals surface area (Å²) in [6, 6.07) is 6.29. The maximum atomic E-state index is 11.5. The summed E-state index contributed by atoms with van der Waals surface area (Å²) in [4.78, 5) is 28.8. The number of rotatable bonds is 3. The number of carboxylic acid groups (broad SMARTS) is 1. The van der Waals surface area contributed by atoms with Crippen LogP contribution in [0.15, 0.2) is 29.1 Å². The second-order valence-electron chi connectivity index (χ2n) is 3.99. The summed E-state index contributed by atoms with van der Waals surface area (Å²) in [6.45, 7) is 1.88. The second-order valence-corrected chi connectivity index (χ2v) is 3.99. The number of hydrogen-bond acceptors (Lipinski definition) is 4. The molecule has 98 valence electrons. The Bertz CT molecular complexity index is 691. The first-order chi connectivity index (χ1) is 9.01. The average Bonchev–Trinajstić information content (AvgIpc) is 2.37. The van der Waals surface area contributed by atoms with Crippen LogP contribution in [-0.4, -0.2) is 28.2 Å². The highest BCUT2D eigenvalue weighted by Gasteiger charge is 2.13. The van der Waals surface area contributed by atoms with Gasteiger partial charge in [-0.15, -0.1) is 0 Å². The first-order valence-corrected chi connectivity index (χ1v) is 5.51. The molecule has 1 aromatic carbocycles. The molecule has 0 fully saturated rings. The standard InChI is InChI=1S/C13H12N2O4/c1-7-3-4-10(19-2)8(5-7)12-14-9(13(17)18)6-11(16)15-12/h3-6H,1-2H3,(H,17,18)(H,14,15,16). The van der Waals surface area contributed by atoms with E-state index in [4.69, 9.17) is 9.84 Å². The van der Waals surface area contributed by atoms with Crippen molar-refractivity contribution in [3.05, 3.63) is 45.9 Å². The zero-order valence-electron chi connectivity index (χ0n) is 10.4. The number of aromatic carboxylic acids is 1. The molecule has 0 radical (unpaired) electrons. The van der Waals surface area contributed by atoms with Crippen molar-refractivity contribution in [2.75, 3.05) is 7.11 Å². The minimum Gasteiger partial charge on any atom is -0.496 e. The molecule has 1 heterocycles. The number of benzene rings is 1. The number of aromatic nitrogens is 2. The number of nitrogens with zero attached hydrogens (tertiary/aromatic N) is 1. The number of aryl methyl sites for hydroxylation is 1. The fraction of sp³-hybridized carbons (Fsp3) is 0.154. The van der Waals surface area contributed by atoms with Crippen LogP contribution >= 0.6 is 0 Å². The van der Waals surface area contributed by atoms with E-state index in [1.807, 2.05) is 13.0 Å². The van der Waals surface area contributed by atoms with Gasteiger partial charge in [-0.3, -0.25) is 4.79 Å². The molecule has 0 saturated carbocycles. The van der Waals surface area contributed by atoms with Crippen LogP contribution in [-0.2, 0) is 0 Å². The molecule has 0 atom stereocenters. The van der Waals surface area contributed by atoms with Crippen molar-refractivity contribution in [1.82, 2.24) is 9.97 Å². The highest BCUT2D eigenvalue weighted by atomic mass is 16.5. The fourth-order valence-corrected chi connectivity index (χ4v) is 1.70. The molecule has 6 heteroatoms. The zero-order chi connectivity index (χ0) is 14.0. The van der Waals surface area contributed by atoms with Gasteiger partial charge in [0.2, 0.25) is 0 Å². The van der Waals surface area contributed by atoms with Crippen molar-refractivity contribution in [2.45, 2.75) is 6.92 Å². The van der Waals surface area contributed by atoms with Gasteiger partial charge in [-0.2, -0.15) is 0 Å². The number of ether oxygens (including phenoxy) is 1. The van der Waals surface area contributed by atoms with Crippen molar-refractivity contribution in [3.63, 3.8) is 0 Å². The van der Waals surface area contributed by atoms with Crippen LogP contribution in [0.4, 0.5) is 0 Å². The lowest BCUT2D eigenvalue weighted by Crippen LogP contribution is -2.13. The van der Waals surface area contributed by atoms with E-state index in [0.29, 0.717) is 11.3 Å². The molecule has 0 aliphatic rings. The van der Waals surface area contributed by atoms with Gasteiger partial charge in [0.25, 0.3) is 5.56 Å². The molecule has 0 aliphatic heterocycles. The lowest BCUT2D eigenvalue weighted by molar-refractivity contribution is 0.0690. The van der Waals surface area contributed by atoms with Gasteiger partial charge in [-0.05, 0) is 19.1 Å². The molecule has 2 rings (SSSR count). The minimum atomic E-state index is -1.25. The summed E-state index contributed by atoms with van der Waals surface area (Å²) < 4.78 is 5.19. The third kappa shape index (κ3) is 2.62. The largest absolute Gasteiger partial charge is 0.496 e. The molecule has 0 spiro atoms. The SMILES string of the molecule is COc1ccc(C)cc1-c1nc(C(=O)O)cc(=O)[nH]1. The molecule has 0 unspecified atom stereocenters. The Morgan fingerprint density at radius 1 is 1.37 bits per heavy atom. The molecule has 0 aliphatic carbocycles. The molecule has 1 aromatic heterocycles. The topological polar surface area (TPSA) is 92.3 Å². The predicted molar refractivity (Wildman–Crippen MR) is 68.5 cm³/mol. The number of H-pyrrole nitrogens is 1. The molecule has 0 bridgehead atoms. The third-order valence-electron chi connectivity index (χ3n) is 2.57. The maximum Gasteiger partial charge on any atom is 0.354 e. The molecule has 2 N–H and O–H groups in total. The van der Waals surface area contributed by atoms with E-state index in [9.17, 15) is 9.59 Å². The van der Waals surface area contributed by atoms with Crippen molar-refractivity contribution in [3.8, 4) is 17.1 Å². The van der Waals surface area contributed by atoms with Crippen LogP contribution in [0.1, 0.15) is 16.1 Å². The van der Waals surface area contributed by atoms with Crippen LogP contribution in [0.5, 0.6) is 5.75 Å². The molecule has 2 aromatic rings. The van der Waals surface area contributed by atoms with Gasteiger partial charge < -0.3 is 14.8 Å². The molecule has 6 nitrogen and oxygen atoms in total. The van der Waals surface area contributed by atoms with E-state index in [1.165, 1.54) is 7.11 Å². The summed E-state index contributed by atoms with van der Waals surface area (Å²) >= 11 is 0. The van der Waals surface area contributed by atoms with Crippen LogP contribution < -0.4 is 10.3 Å². The lowest BCUT2D eigenvalue weighted by atomic mass is 10.1. The number of nitrogens with one attached hydrogen (secondary N) is 1. The van der Waals surface area contributed by atoms with E-state index in [2.05, 4.69) is 9.97 Å². The van der Waals surface area contributed by atoms with Crippen LogP contribution in [0.25, 0.3) is 11.4 Å². The lowest BCUT2D eigenvalue weighted by Gasteiger charge is -2.09. The van der Waals surface area contributed by atoms with Gasteiger partial charge in [0.1, 0.15) is 11.6 Å². The molecule has 19 heavy (non-hydrogen) atoms. The Morgan fingerprint density at radius 2 is 2.11 bits per heavy atom. The number of aromatic amines is 1. The van der Waals surface area contributed by atoms with E-state index in [-0.39, 0.29) is 11.5 Å². The first-order valence-electron chi connectivity index (χ1n) is 5.51. The Balaban J connectivity index is 2.68. The molecular weight excluding hydrogens is 248 g/mol. The summed E-state index contributed by atoms with van der Waals surface area (Å²) in [5.74, 6) is -0.569. The smallest absolute Gasteiger partial charge is 0.354 e. The summed E-state index contributed by atoms with van der Waals surface area (Å²) in [5.41, 5.74) is 0.662. The number of carboxylic acids is 1. The monoisotopic (exact) mass is 260 g/mol. The summed E-state index contributed by atoms with van der Waals surface area (Å²) in [5, 5.41) is 8.92. The van der Waals surface area contributed by atoms with Crippen LogP contribution in [0.2, 0.25) is 0 Å². The fourth-order valence-electron chi connectivity index (χ4n) is 1.70. The van der Waals surface area contributed by atoms with Gasteiger partial charge in [-0.25, -0.2) is 9.78 Å². The van der Waals surface area contributed by atoms with Gasteiger partial charge in [0.15, 0.2) is 5.69 Å². The number of carbonyl (C=O) groups is 1. The van der Waals surface area contributed by atoms with Crippen molar-refractivity contribution in [1.29, 1.82) is 0 Å². The normalized spacial score (nSPS) is 10.2. The predicted octanol–water partition coefficient (Wildman–Crippen LogP) is 1.45. The summed E-state index contributed by atoms with van der Waals surface area (Å²) in [7, 11) is 1.49. The van der Waals surface area contributed by atoms with E-state index in [1.54, 1.807) is 12.1 Å². The zero-order valence-corrected chi connectivity index (χ0v) is 10.4. The van der Waals surface area contributed by atoms with E-state index >= 15 is 0 Å². The van der Waals surface area contributed by atoms with Crippen LogP contribution in [0, 0.1) is 6.92 Å². The molecule has 0 amide bonds. The Hall–Kier alpha value is -2.63. The van der Waals surface area contributed by atoms with E-state index in [0.717, 1.165) is 11.6 Å². The highest BCUT2D eigenvalue weighted by molar-refractivity contribution is 5.85. The number of methoxy groups -OCH3 is 1. The Labute approximate surface area is 108 Å². The molecular formula is C13H12N2O4. The second kappa shape index (κ2) is 4.93. The first kappa shape index (κ1) is 12.8. The quantitative estimate of drug-likeness (QED) is 0.871. The maximum absolute atomic E-state index is 11.5. The molecule has 0 saturated heterocycles. The van der Waals surface area contributed by atoms with Gasteiger partial charge in [0, 0.05) is 6.07 Å². The van der Waals surface area contributed by atoms with Crippen molar-refractivity contribution >= 4 is 5.97 Å². The highest BCUT2D eigenvalue weighted by Crippen LogP contribution is 2.27. The van der Waals surface area contributed by atoms with Gasteiger partial charge in [0.05, 0.1) is 12.7 Å². The average molecular weight is 260 g/mol. The van der Waals surface area contributed by atoms with Gasteiger partial charge in [-0.1, -0.05) is 11.6 Å². The summed E-state index contributed by atoms with van der Waals surface area (Å²) in [6.07, 6.45) is 0. The van der Waals surface area contributed by atoms with Crippen LogP contribution in [0.3, 0.4) is 0 Å². The Morgan fingerprint density at radius 3 is 2.74 bits per heavy atom. The van der Waals surface area contributed by atoms with Gasteiger partial charge >= 0.3 is 5.97 Å². The van der Waals surface area contributed by atoms with Crippen molar-refractivity contribution in [2.24, 2.45) is 0 Å². The van der Waals surface area contributed by atoms with E-state index < -0.39 is 11.5 Å². The third-order valence-corrected chi connectivity index (χ3v) is 2.57. The van der Waals surface area contributed by atoms with Crippen molar-refractivity contribution < 1.29 is 14.6 Å². The minimum absolute atomic E-state index is 0.172. The number of hydrogen-bond donors (Lipinski definition) is 2. The Kier molecular flexibility index (Phi) is 3.33.